The highest BCUT2D eigenvalue weighted by molar-refractivity contribution is 9.10. The number of thioether (sulfide) groups is 1. The van der Waals surface area contributed by atoms with Gasteiger partial charge >= 0.3 is 0 Å². The summed E-state index contributed by atoms with van der Waals surface area (Å²) >= 11 is 5.61. The molecule has 2 nitrogen and oxygen atoms in total. The van der Waals surface area contributed by atoms with E-state index in [4.69, 9.17) is 0 Å². The van der Waals surface area contributed by atoms with E-state index in [2.05, 4.69) is 34.7 Å². The first-order chi connectivity index (χ1) is 8.39. The topological polar surface area (TPSA) is 20.3 Å². The third-order valence-electron chi connectivity index (χ3n) is 3.12. The second-order valence-electron chi connectivity index (χ2n) is 5.25. The first kappa shape index (κ1) is 13.9. The highest BCUT2D eigenvalue weighted by Gasteiger charge is 2.28. The Bertz CT molecular complexity index is 473. The lowest BCUT2D eigenvalue weighted by molar-refractivity contribution is 0.101. The number of halogens is 1. The van der Waals surface area contributed by atoms with Crippen molar-refractivity contribution in [3.05, 3.63) is 28.2 Å². The molecule has 1 aromatic rings. The normalized spacial score (nSPS) is 18.8. The van der Waals surface area contributed by atoms with Crippen LogP contribution in [0.15, 0.2) is 22.7 Å². The summed E-state index contributed by atoms with van der Waals surface area (Å²) in [4.78, 5) is 13.7. The number of rotatable bonds is 2. The summed E-state index contributed by atoms with van der Waals surface area (Å²) < 4.78 is 1.30. The quantitative estimate of drug-likeness (QED) is 0.766. The van der Waals surface area contributed by atoms with Crippen molar-refractivity contribution in [2.75, 3.05) is 23.7 Å². The third-order valence-corrected chi connectivity index (χ3v) is 5.05. The van der Waals surface area contributed by atoms with Crippen LogP contribution in [0.3, 0.4) is 0 Å². The summed E-state index contributed by atoms with van der Waals surface area (Å²) in [6.07, 6.45) is 0. The van der Waals surface area contributed by atoms with E-state index in [9.17, 15) is 4.79 Å². The van der Waals surface area contributed by atoms with E-state index in [0.29, 0.717) is 0 Å². The van der Waals surface area contributed by atoms with Gasteiger partial charge in [-0.05, 0) is 54.9 Å². The standard InChI is InChI=1S/C14H18BrNOS/c1-10(17)11-4-5-13(12(15)8-11)16-6-7-18-14(2,3)9-16/h4-5,8H,6-7,9H2,1-3H3. The van der Waals surface area contributed by atoms with Crippen molar-refractivity contribution in [3.63, 3.8) is 0 Å². The van der Waals surface area contributed by atoms with Crippen LogP contribution >= 0.6 is 27.7 Å². The van der Waals surface area contributed by atoms with E-state index in [0.717, 1.165) is 28.9 Å². The largest absolute Gasteiger partial charge is 0.368 e. The van der Waals surface area contributed by atoms with Crippen LogP contribution in [0.1, 0.15) is 31.1 Å². The molecule has 18 heavy (non-hydrogen) atoms. The van der Waals surface area contributed by atoms with Gasteiger partial charge in [0.25, 0.3) is 0 Å². The Kier molecular flexibility index (Phi) is 4.07. The van der Waals surface area contributed by atoms with Gasteiger partial charge in [0.2, 0.25) is 0 Å². The van der Waals surface area contributed by atoms with Gasteiger partial charge in [0, 0.05) is 33.6 Å². The van der Waals surface area contributed by atoms with Crippen molar-refractivity contribution < 1.29 is 4.79 Å². The molecule has 0 unspecified atom stereocenters. The molecule has 0 aromatic heterocycles. The van der Waals surface area contributed by atoms with Crippen molar-refractivity contribution in [2.24, 2.45) is 0 Å². The molecular weight excluding hydrogens is 310 g/mol. The van der Waals surface area contributed by atoms with Gasteiger partial charge in [0.05, 0.1) is 5.69 Å². The van der Waals surface area contributed by atoms with E-state index in [1.54, 1.807) is 6.92 Å². The zero-order chi connectivity index (χ0) is 13.3. The Morgan fingerprint density at radius 1 is 1.44 bits per heavy atom. The number of benzene rings is 1. The molecule has 0 aliphatic carbocycles. The van der Waals surface area contributed by atoms with E-state index in [1.165, 1.54) is 5.69 Å². The van der Waals surface area contributed by atoms with Gasteiger partial charge in [0.15, 0.2) is 5.78 Å². The van der Waals surface area contributed by atoms with Crippen LogP contribution in [0.5, 0.6) is 0 Å². The van der Waals surface area contributed by atoms with Gasteiger partial charge in [-0.2, -0.15) is 11.8 Å². The number of Topliss-reactive ketones (excluding diaryl/α,β-unsaturated/α-hetero) is 1. The van der Waals surface area contributed by atoms with Crippen LogP contribution in [0.4, 0.5) is 5.69 Å². The predicted octanol–water partition coefficient (Wildman–Crippen LogP) is 3.98. The molecule has 0 saturated carbocycles. The lowest BCUT2D eigenvalue weighted by Gasteiger charge is -2.39. The molecule has 1 heterocycles. The number of carbonyl (C=O) groups excluding carboxylic acids is 1. The Hall–Kier alpha value is -0.480. The van der Waals surface area contributed by atoms with Gasteiger partial charge < -0.3 is 4.90 Å². The van der Waals surface area contributed by atoms with E-state index in [-0.39, 0.29) is 10.5 Å². The molecular formula is C14H18BrNOS. The molecule has 98 valence electrons. The molecule has 2 rings (SSSR count). The maximum Gasteiger partial charge on any atom is 0.159 e. The Balaban J connectivity index is 2.26. The van der Waals surface area contributed by atoms with E-state index < -0.39 is 0 Å². The number of hydrogen-bond donors (Lipinski definition) is 0. The summed E-state index contributed by atoms with van der Waals surface area (Å²) in [5, 5.41) is 0. The lowest BCUT2D eigenvalue weighted by Crippen LogP contribution is -2.43. The molecule has 4 heteroatoms. The Morgan fingerprint density at radius 3 is 2.72 bits per heavy atom. The van der Waals surface area contributed by atoms with Gasteiger partial charge in [-0.15, -0.1) is 0 Å². The zero-order valence-corrected chi connectivity index (χ0v) is 13.4. The van der Waals surface area contributed by atoms with Crippen molar-refractivity contribution in [2.45, 2.75) is 25.5 Å². The SMILES string of the molecule is CC(=O)c1ccc(N2CCSC(C)(C)C2)c(Br)c1. The monoisotopic (exact) mass is 327 g/mol. The van der Waals surface area contributed by atoms with Crippen molar-refractivity contribution in [3.8, 4) is 0 Å². The lowest BCUT2D eigenvalue weighted by atomic mass is 10.1. The van der Waals surface area contributed by atoms with Crippen LogP contribution in [-0.2, 0) is 0 Å². The van der Waals surface area contributed by atoms with Gasteiger partial charge in [0.1, 0.15) is 0 Å². The van der Waals surface area contributed by atoms with Gasteiger partial charge in [-0.3, -0.25) is 4.79 Å². The van der Waals surface area contributed by atoms with Crippen molar-refractivity contribution in [1.82, 2.24) is 0 Å². The van der Waals surface area contributed by atoms with Gasteiger partial charge in [-0.25, -0.2) is 0 Å². The maximum absolute atomic E-state index is 11.4. The molecule has 0 atom stereocenters. The maximum atomic E-state index is 11.4. The molecule has 1 aliphatic rings. The summed E-state index contributed by atoms with van der Waals surface area (Å²) in [7, 11) is 0. The second-order valence-corrected chi connectivity index (χ2v) is 7.91. The summed E-state index contributed by atoms with van der Waals surface area (Å²) in [6, 6.07) is 5.89. The smallest absolute Gasteiger partial charge is 0.159 e. The summed E-state index contributed by atoms with van der Waals surface area (Å²) in [5.74, 6) is 1.25. The van der Waals surface area contributed by atoms with Crippen LogP contribution in [-0.4, -0.2) is 29.4 Å². The molecule has 0 radical (unpaired) electrons. The highest BCUT2D eigenvalue weighted by Crippen LogP contribution is 2.35. The van der Waals surface area contributed by atoms with Crippen LogP contribution in [0.2, 0.25) is 0 Å². The molecule has 1 aliphatic heterocycles. The van der Waals surface area contributed by atoms with Crippen LogP contribution < -0.4 is 4.90 Å². The summed E-state index contributed by atoms with van der Waals surface area (Å²) in [6.45, 7) is 8.26. The zero-order valence-electron chi connectivity index (χ0n) is 11.0. The highest BCUT2D eigenvalue weighted by atomic mass is 79.9. The number of nitrogens with zero attached hydrogens (tertiary/aromatic N) is 1. The fourth-order valence-electron chi connectivity index (χ4n) is 2.20. The second kappa shape index (κ2) is 5.25. The third kappa shape index (κ3) is 3.09. The fourth-order valence-corrected chi connectivity index (χ4v) is 3.95. The molecule has 0 bridgehead atoms. The van der Waals surface area contributed by atoms with Crippen molar-refractivity contribution >= 4 is 39.2 Å². The number of carbonyl (C=O) groups is 1. The Morgan fingerprint density at radius 2 is 2.17 bits per heavy atom. The molecule has 1 fully saturated rings. The number of anilines is 1. The first-order valence-electron chi connectivity index (χ1n) is 6.08. The average Bonchev–Trinajstić information content (AvgIpc) is 2.27. The van der Waals surface area contributed by atoms with E-state index >= 15 is 0 Å². The molecule has 0 spiro atoms. The fraction of sp³-hybridized carbons (Fsp3) is 0.500. The minimum atomic E-state index is 0.108. The average molecular weight is 328 g/mol. The predicted molar refractivity (Wildman–Crippen MR) is 82.9 cm³/mol. The number of hydrogen-bond acceptors (Lipinski definition) is 3. The molecule has 1 saturated heterocycles. The van der Waals surface area contributed by atoms with E-state index in [1.807, 2.05) is 30.0 Å². The minimum Gasteiger partial charge on any atom is -0.368 e. The van der Waals surface area contributed by atoms with Gasteiger partial charge in [-0.1, -0.05) is 0 Å². The molecule has 1 aromatic carbocycles. The molecule has 0 amide bonds. The molecule has 0 N–H and O–H groups in total. The van der Waals surface area contributed by atoms with Crippen LogP contribution in [0, 0.1) is 0 Å². The Labute approximate surface area is 121 Å². The van der Waals surface area contributed by atoms with Crippen LogP contribution in [0.25, 0.3) is 0 Å². The summed E-state index contributed by atoms with van der Waals surface area (Å²) in [5.41, 5.74) is 1.95. The van der Waals surface area contributed by atoms with Crippen molar-refractivity contribution in [1.29, 1.82) is 0 Å². The number of ketones is 1. The first-order valence-corrected chi connectivity index (χ1v) is 7.86. The minimum absolute atomic E-state index is 0.108.